The van der Waals surface area contributed by atoms with E-state index in [1.54, 1.807) is 24.3 Å². The van der Waals surface area contributed by atoms with Crippen molar-refractivity contribution < 1.29 is 28.6 Å². The maximum atomic E-state index is 14.1. The first-order valence-electron chi connectivity index (χ1n) is 12.9. The number of amides is 2. The highest BCUT2D eigenvalue weighted by molar-refractivity contribution is 6.24. The van der Waals surface area contributed by atoms with Gasteiger partial charge in [-0.3, -0.25) is 14.4 Å². The fourth-order valence-electron chi connectivity index (χ4n) is 6.57. The van der Waals surface area contributed by atoms with Crippen molar-refractivity contribution in [3.63, 3.8) is 0 Å². The lowest BCUT2D eigenvalue weighted by Crippen LogP contribution is -2.42. The average Bonchev–Trinajstić information content (AvgIpc) is 3.54. The van der Waals surface area contributed by atoms with E-state index in [2.05, 4.69) is 0 Å². The van der Waals surface area contributed by atoms with Gasteiger partial charge in [0.05, 0.1) is 23.4 Å². The second kappa shape index (κ2) is 8.04. The Morgan fingerprint density at radius 1 is 0.744 bits per heavy atom. The number of benzene rings is 4. The second-order valence-corrected chi connectivity index (χ2v) is 10.2. The van der Waals surface area contributed by atoms with Gasteiger partial charge in [0.15, 0.2) is 11.5 Å². The van der Waals surface area contributed by atoms with Gasteiger partial charge in [0.1, 0.15) is 5.75 Å². The summed E-state index contributed by atoms with van der Waals surface area (Å²) in [6.45, 7) is 0.129. The molecule has 190 valence electrons. The number of ether oxygens (including phenoxy) is 3. The van der Waals surface area contributed by atoms with Crippen molar-refractivity contribution >= 4 is 39.8 Å². The van der Waals surface area contributed by atoms with Gasteiger partial charge in [0.25, 0.3) is 0 Å². The number of imide groups is 1. The number of rotatable bonds is 2. The predicted molar refractivity (Wildman–Crippen MR) is 142 cm³/mol. The summed E-state index contributed by atoms with van der Waals surface area (Å²) in [5.74, 6) is -2.55. The molecule has 4 aliphatic rings. The number of hydrogen-bond donors (Lipinski definition) is 0. The number of carbonyl (C=O) groups excluding carboxylic acids is 3. The molecule has 0 radical (unpaired) electrons. The fraction of sp³-hybridized carbons (Fsp3) is 0.156. The zero-order valence-electron chi connectivity index (χ0n) is 20.6. The van der Waals surface area contributed by atoms with Gasteiger partial charge in [-0.25, -0.2) is 4.90 Å². The lowest BCUT2D eigenvalue weighted by Gasteiger charge is -2.38. The van der Waals surface area contributed by atoms with Crippen LogP contribution in [0.2, 0.25) is 0 Å². The molecule has 0 spiro atoms. The number of carbonyl (C=O) groups is 3. The number of nitrogens with zero attached hydrogens (tertiary/aromatic N) is 1. The molecule has 3 heterocycles. The molecule has 1 saturated heterocycles. The Morgan fingerprint density at radius 2 is 1.51 bits per heavy atom. The van der Waals surface area contributed by atoms with Crippen LogP contribution < -0.4 is 19.1 Å². The molecule has 0 bridgehead atoms. The van der Waals surface area contributed by atoms with E-state index >= 15 is 0 Å². The molecule has 1 aliphatic carbocycles. The molecule has 7 heteroatoms. The minimum absolute atomic E-state index is 0.129. The molecule has 0 unspecified atom stereocenters. The smallest absolute Gasteiger partial charge is 0.319 e. The Labute approximate surface area is 223 Å². The summed E-state index contributed by atoms with van der Waals surface area (Å²) in [6, 6.07) is 26.1. The van der Waals surface area contributed by atoms with E-state index < -0.39 is 35.5 Å². The van der Waals surface area contributed by atoms with Crippen LogP contribution >= 0.6 is 0 Å². The molecule has 0 saturated carbocycles. The van der Waals surface area contributed by atoms with Crippen molar-refractivity contribution in [1.82, 2.24) is 0 Å². The van der Waals surface area contributed by atoms with Crippen LogP contribution in [0.1, 0.15) is 17.0 Å². The van der Waals surface area contributed by atoms with E-state index in [0.29, 0.717) is 28.5 Å². The van der Waals surface area contributed by atoms with Crippen LogP contribution in [-0.4, -0.2) is 24.6 Å². The molecule has 0 aromatic heterocycles. The third kappa shape index (κ3) is 3.07. The van der Waals surface area contributed by atoms with Crippen LogP contribution in [0.15, 0.2) is 91.0 Å². The summed E-state index contributed by atoms with van der Waals surface area (Å²) in [4.78, 5) is 43.0. The maximum absolute atomic E-state index is 14.1. The molecule has 0 N–H and O–H groups in total. The molecule has 4 aromatic carbocycles. The highest BCUT2D eigenvalue weighted by Crippen LogP contribution is 2.56. The van der Waals surface area contributed by atoms with E-state index in [-0.39, 0.29) is 12.7 Å². The largest absolute Gasteiger partial charge is 0.454 e. The number of para-hydroxylation sites is 1. The number of fused-ring (bicyclic) bond motifs is 8. The van der Waals surface area contributed by atoms with Gasteiger partial charge >= 0.3 is 5.97 Å². The quantitative estimate of drug-likeness (QED) is 0.210. The highest BCUT2D eigenvalue weighted by Gasteiger charge is 2.60. The van der Waals surface area contributed by atoms with Crippen molar-refractivity contribution in [2.75, 3.05) is 11.7 Å². The second-order valence-electron chi connectivity index (χ2n) is 10.2. The van der Waals surface area contributed by atoms with Crippen molar-refractivity contribution in [3.8, 4) is 17.2 Å². The maximum Gasteiger partial charge on any atom is 0.319 e. The molecule has 3 aliphatic heterocycles. The minimum Gasteiger partial charge on any atom is -0.454 e. The van der Waals surface area contributed by atoms with Gasteiger partial charge in [0.2, 0.25) is 18.6 Å². The van der Waals surface area contributed by atoms with Crippen LogP contribution in [0, 0.1) is 17.8 Å². The molecule has 1 fully saturated rings. The van der Waals surface area contributed by atoms with E-state index in [0.717, 1.165) is 21.9 Å². The standard InChI is InChI=1S/C32H21NO6/c34-30-26-22(18-11-13-24-25(14-18)38-16-37-24)15-23-21-12-10-17-6-4-5-9-20(17)29(21)39-32(36)27(23)28(26)31(35)33(30)19-7-2-1-3-8-19/h1-15,22,26-28H,16H2/t22-,26+,27-,28+/m1/s1. The fourth-order valence-corrected chi connectivity index (χ4v) is 6.57. The molecule has 4 aromatic rings. The number of anilines is 1. The van der Waals surface area contributed by atoms with Gasteiger partial charge in [-0.2, -0.15) is 0 Å². The van der Waals surface area contributed by atoms with Crippen LogP contribution in [0.3, 0.4) is 0 Å². The summed E-state index contributed by atoms with van der Waals surface area (Å²) in [7, 11) is 0. The zero-order valence-corrected chi connectivity index (χ0v) is 20.6. The SMILES string of the molecule is O=C1Oc2c(ccc3ccccc23)C2=C[C@H](c3ccc4c(c3)OCO4)[C@@H]3C(=O)N(c4ccccc4)C(=O)[C@@H]3[C@H]12. The third-order valence-electron chi connectivity index (χ3n) is 8.28. The van der Waals surface area contributed by atoms with E-state index in [4.69, 9.17) is 14.2 Å². The number of hydrogen-bond acceptors (Lipinski definition) is 6. The molecule has 8 rings (SSSR count). The van der Waals surface area contributed by atoms with E-state index in [1.807, 2.05) is 66.7 Å². The minimum atomic E-state index is -0.903. The number of esters is 1. The predicted octanol–water partition coefficient (Wildman–Crippen LogP) is 5.09. The molecule has 4 atom stereocenters. The topological polar surface area (TPSA) is 82.1 Å². The van der Waals surface area contributed by atoms with Gasteiger partial charge in [-0.05, 0) is 40.8 Å². The van der Waals surface area contributed by atoms with Crippen LogP contribution in [0.4, 0.5) is 5.69 Å². The van der Waals surface area contributed by atoms with Gasteiger partial charge in [0, 0.05) is 16.9 Å². The average molecular weight is 516 g/mol. The third-order valence-corrected chi connectivity index (χ3v) is 8.28. The van der Waals surface area contributed by atoms with Gasteiger partial charge in [-0.1, -0.05) is 66.7 Å². The lowest BCUT2D eigenvalue weighted by molar-refractivity contribution is -0.142. The highest BCUT2D eigenvalue weighted by atomic mass is 16.7. The Morgan fingerprint density at radius 3 is 2.38 bits per heavy atom. The van der Waals surface area contributed by atoms with Crippen LogP contribution in [-0.2, 0) is 14.4 Å². The monoisotopic (exact) mass is 515 g/mol. The summed E-state index contributed by atoms with van der Waals surface area (Å²) in [6.07, 6.45) is 1.98. The lowest BCUT2D eigenvalue weighted by atomic mass is 9.64. The van der Waals surface area contributed by atoms with Crippen molar-refractivity contribution in [2.45, 2.75) is 5.92 Å². The first-order valence-corrected chi connectivity index (χ1v) is 12.9. The van der Waals surface area contributed by atoms with Crippen molar-refractivity contribution in [3.05, 3.63) is 102 Å². The summed E-state index contributed by atoms with van der Waals surface area (Å²) < 4.78 is 17.1. The summed E-state index contributed by atoms with van der Waals surface area (Å²) >= 11 is 0. The zero-order chi connectivity index (χ0) is 26.2. The number of allylic oxidation sites excluding steroid dienone is 1. The first kappa shape index (κ1) is 22.1. The van der Waals surface area contributed by atoms with Gasteiger partial charge in [-0.15, -0.1) is 0 Å². The Kier molecular flexibility index (Phi) is 4.56. The Bertz CT molecular complexity index is 1760. The summed E-state index contributed by atoms with van der Waals surface area (Å²) in [5.41, 5.74) is 2.79. The molecule has 39 heavy (non-hydrogen) atoms. The van der Waals surface area contributed by atoms with Gasteiger partial charge < -0.3 is 14.2 Å². The van der Waals surface area contributed by atoms with Crippen LogP contribution in [0.5, 0.6) is 17.2 Å². The van der Waals surface area contributed by atoms with Crippen molar-refractivity contribution in [1.29, 1.82) is 0 Å². The molecular weight excluding hydrogens is 494 g/mol. The Hall–Kier alpha value is -4.91. The van der Waals surface area contributed by atoms with Crippen molar-refractivity contribution in [2.24, 2.45) is 17.8 Å². The normalized spacial score (nSPS) is 24.7. The molecule has 7 nitrogen and oxygen atoms in total. The Balaban J connectivity index is 1.35. The van der Waals surface area contributed by atoms with E-state index in [9.17, 15) is 14.4 Å². The van der Waals surface area contributed by atoms with E-state index in [1.165, 1.54) is 4.90 Å². The summed E-state index contributed by atoms with van der Waals surface area (Å²) in [5, 5.41) is 1.77. The first-order chi connectivity index (χ1) is 19.1. The van der Waals surface area contributed by atoms with Crippen LogP contribution in [0.25, 0.3) is 16.3 Å². The molecule has 2 amide bonds. The molecular formula is C32H21NO6.